The number of hydrogen-bond donors (Lipinski definition) is 0. The first-order valence-electron chi connectivity index (χ1n) is 6.15. The summed E-state index contributed by atoms with van der Waals surface area (Å²) in [5.74, 6) is -0.799. The molecule has 2 aliphatic rings. The Balaban J connectivity index is 2.00. The SMILES string of the molecule is CCOC(=O)[C@@H]1CN2CCCC[C@H]2CC1=O. The normalized spacial score (nSPS) is 30.9. The number of ether oxygens (including phenoxy) is 1. The van der Waals surface area contributed by atoms with Crippen molar-refractivity contribution >= 4 is 11.8 Å². The minimum absolute atomic E-state index is 0.0709. The molecule has 0 spiro atoms. The number of rotatable bonds is 2. The van der Waals surface area contributed by atoms with Crippen molar-refractivity contribution in [3.8, 4) is 0 Å². The number of Topliss-reactive ketones (excluding diaryl/α,β-unsaturated/α-hetero) is 1. The van der Waals surface area contributed by atoms with E-state index in [0.717, 1.165) is 13.0 Å². The predicted octanol–water partition coefficient (Wildman–Crippen LogP) is 0.993. The van der Waals surface area contributed by atoms with Crippen molar-refractivity contribution in [2.45, 2.75) is 38.6 Å². The number of ketones is 1. The summed E-state index contributed by atoms with van der Waals surface area (Å²) in [6.07, 6.45) is 4.02. The van der Waals surface area contributed by atoms with Gasteiger partial charge < -0.3 is 4.74 Å². The summed E-state index contributed by atoms with van der Waals surface area (Å²) in [7, 11) is 0. The number of fused-ring (bicyclic) bond motifs is 1. The Morgan fingerprint density at radius 3 is 3.06 bits per heavy atom. The summed E-state index contributed by atoms with van der Waals surface area (Å²) in [4.78, 5) is 25.7. The highest BCUT2D eigenvalue weighted by atomic mass is 16.5. The van der Waals surface area contributed by atoms with Crippen LogP contribution in [0.5, 0.6) is 0 Å². The van der Waals surface area contributed by atoms with E-state index < -0.39 is 5.92 Å². The highest BCUT2D eigenvalue weighted by molar-refractivity contribution is 6.00. The van der Waals surface area contributed by atoms with Crippen LogP contribution >= 0.6 is 0 Å². The molecule has 0 saturated carbocycles. The van der Waals surface area contributed by atoms with Crippen LogP contribution in [0.4, 0.5) is 0 Å². The number of hydrogen-bond acceptors (Lipinski definition) is 4. The van der Waals surface area contributed by atoms with Crippen LogP contribution in [0.3, 0.4) is 0 Å². The van der Waals surface area contributed by atoms with Gasteiger partial charge in [0.15, 0.2) is 0 Å². The zero-order valence-corrected chi connectivity index (χ0v) is 9.78. The zero-order chi connectivity index (χ0) is 11.5. The molecule has 0 radical (unpaired) electrons. The molecule has 2 heterocycles. The van der Waals surface area contributed by atoms with Crippen molar-refractivity contribution in [2.75, 3.05) is 19.7 Å². The number of carbonyl (C=O) groups is 2. The number of carbonyl (C=O) groups excluding carboxylic acids is 2. The Morgan fingerprint density at radius 2 is 2.31 bits per heavy atom. The average Bonchev–Trinajstić information content (AvgIpc) is 2.28. The van der Waals surface area contributed by atoms with Crippen LogP contribution in [0.1, 0.15) is 32.6 Å². The van der Waals surface area contributed by atoms with Crippen molar-refractivity contribution in [1.82, 2.24) is 4.90 Å². The van der Waals surface area contributed by atoms with E-state index in [9.17, 15) is 9.59 Å². The highest BCUT2D eigenvalue weighted by Gasteiger charge is 2.39. The van der Waals surface area contributed by atoms with Crippen LogP contribution in [-0.2, 0) is 14.3 Å². The molecule has 4 nitrogen and oxygen atoms in total. The molecule has 2 atom stereocenters. The van der Waals surface area contributed by atoms with E-state index in [-0.39, 0.29) is 11.8 Å². The standard InChI is InChI=1S/C12H19NO3/c1-2-16-12(15)10-8-13-6-4-3-5-9(13)7-11(10)14/h9-10H,2-8H2,1H3/t9-,10+/m0/s1. The first kappa shape index (κ1) is 11.6. The van der Waals surface area contributed by atoms with E-state index in [1.54, 1.807) is 6.92 Å². The van der Waals surface area contributed by atoms with Crippen molar-refractivity contribution in [3.05, 3.63) is 0 Å². The predicted molar refractivity (Wildman–Crippen MR) is 59.0 cm³/mol. The topological polar surface area (TPSA) is 46.6 Å². The first-order chi connectivity index (χ1) is 7.72. The van der Waals surface area contributed by atoms with Gasteiger partial charge in [-0.15, -0.1) is 0 Å². The van der Waals surface area contributed by atoms with Gasteiger partial charge in [0.2, 0.25) is 0 Å². The second kappa shape index (κ2) is 4.95. The third kappa shape index (κ3) is 2.26. The fourth-order valence-electron chi connectivity index (χ4n) is 2.69. The van der Waals surface area contributed by atoms with Crippen LogP contribution in [0.25, 0.3) is 0 Å². The van der Waals surface area contributed by atoms with Gasteiger partial charge in [-0.25, -0.2) is 0 Å². The molecule has 0 aliphatic carbocycles. The van der Waals surface area contributed by atoms with Gasteiger partial charge in [0.05, 0.1) is 6.61 Å². The van der Waals surface area contributed by atoms with E-state index in [0.29, 0.717) is 25.6 Å². The second-order valence-corrected chi connectivity index (χ2v) is 4.62. The van der Waals surface area contributed by atoms with Gasteiger partial charge in [-0.3, -0.25) is 14.5 Å². The molecule has 0 N–H and O–H groups in total. The van der Waals surface area contributed by atoms with Crippen molar-refractivity contribution < 1.29 is 14.3 Å². The molecular formula is C12H19NO3. The maximum Gasteiger partial charge on any atom is 0.317 e. The van der Waals surface area contributed by atoms with E-state index in [1.165, 1.54) is 12.8 Å². The Labute approximate surface area is 95.9 Å². The lowest BCUT2D eigenvalue weighted by Gasteiger charge is -2.40. The summed E-state index contributed by atoms with van der Waals surface area (Å²) in [5.41, 5.74) is 0. The molecule has 2 saturated heterocycles. The van der Waals surface area contributed by atoms with Gasteiger partial charge in [-0.2, -0.15) is 0 Å². The summed E-state index contributed by atoms with van der Waals surface area (Å²) in [6.45, 7) is 3.72. The quantitative estimate of drug-likeness (QED) is 0.519. The molecule has 4 heteroatoms. The summed E-state index contributed by atoms with van der Waals surface area (Å²) in [6, 6.07) is 0.381. The van der Waals surface area contributed by atoms with Gasteiger partial charge in [-0.1, -0.05) is 6.42 Å². The smallest absolute Gasteiger partial charge is 0.317 e. The largest absolute Gasteiger partial charge is 0.465 e. The van der Waals surface area contributed by atoms with Gasteiger partial charge in [0.25, 0.3) is 0 Å². The Morgan fingerprint density at radius 1 is 1.50 bits per heavy atom. The van der Waals surface area contributed by atoms with E-state index in [4.69, 9.17) is 4.74 Å². The minimum Gasteiger partial charge on any atom is -0.465 e. The zero-order valence-electron chi connectivity index (χ0n) is 9.78. The molecule has 16 heavy (non-hydrogen) atoms. The monoisotopic (exact) mass is 225 g/mol. The van der Waals surface area contributed by atoms with Crippen LogP contribution in [0.2, 0.25) is 0 Å². The third-order valence-corrected chi connectivity index (χ3v) is 3.56. The molecule has 2 rings (SSSR count). The lowest BCUT2D eigenvalue weighted by atomic mass is 9.86. The molecule has 0 bridgehead atoms. The average molecular weight is 225 g/mol. The number of nitrogens with zero attached hydrogens (tertiary/aromatic N) is 1. The fourth-order valence-corrected chi connectivity index (χ4v) is 2.69. The van der Waals surface area contributed by atoms with E-state index >= 15 is 0 Å². The molecule has 2 aliphatic heterocycles. The number of esters is 1. The van der Waals surface area contributed by atoms with Crippen LogP contribution in [0, 0.1) is 5.92 Å². The maximum atomic E-state index is 11.8. The van der Waals surface area contributed by atoms with Gasteiger partial charge in [-0.05, 0) is 26.3 Å². The second-order valence-electron chi connectivity index (χ2n) is 4.62. The Hall–Kier alpha value is -0.900. The molecule has 0 aromatic rings. The molecule has 0 aromatic heterocycles. The Bertz CT molecular complexity index is 290. The van der Waals surface area contributed by atoms with Crippen LogP contribution < -0.4 is 0 Å². The maximum absolute atomic E-state index is 11.8. The third-order valence-electron chi connectivity index (χ3n) is 3.56. The molecular weight excluding hydrogens is 206 g/mol. The number of piperidine rings is 2. The molecule has 2 fully saturated rings. The van der Waals surface area contributed by atoms with Crippen molar-refractivity contribution in [1.29, 1.82) is 0 Å². The Kier molecular flexibility index (Phi) is 3.59. The van der Waals surface area contributed by atoms with Crippen LogP contribution in [0.15, 0.2) is 0 Å². The van der Waals surface area contributed by atoms with Crippen LogP contribution in [-0.4, -0.2) is 42.4 Å². The lowest BCUT2D eigenvalue weighted by molar-refractivity contribution is -0.155. The first-order valence-corrected chi connectivity index (χ1v) is 6.15. The highest BCUT2D eigenvalue weighted by Crippen LogP contribution is 2.27. The van der Waals surface area contributed by atoms with Gasteiger partial charge in [0, 0.05) is 19.0 Å². The van der Waals surface area contributed by atoms with E-state index in [1.807, 2.05) is 0 Å². The summed E-state index contributed by atoms with van der Waals surface area (Å²) >= 11 is 0. The van der Waals surface area contributed by atoms with Crippen molar-refractivity contribution in [2.24, 2.45) is 5.92 Å². The molecule has 0 unspecified atom stereocenters. The molecule has 0 aromatic carbocycles. The van der Waals surface area contributed by atoms with Gasteiger partial charge in [0.1, 0.15) is 11.7 Å². The fraction of sp³-hybridized carbons (Fsp3) is 0.833. The van der Waals surface area contributed by atoms with E-state index in [2.05, 4.69) is 4.90 Å². The van der Waals surface area contributed by atoms with Crippen molar-refractivity contribution in [3.63, 3.8) is 0 Å². The molecule has 0 amide bonds. The summed E-state index contributed by atoms with van der Waals surface area (Å²) < 4.78 is 4.95. The summed E-state index contributed by atoms with van der Waals surface area (Å²) in [5, 5.41) is 0. The minimum atomic E-state index is -0.533. The lowest BCUT2D eigenvalue weighted by Crippen LogP contribution is -2.52. The van der Waals surface area contributed by atoms with Gasteiger partial charge >= 0.3 is 5.97 Å². The molecule has 90 valence electrons.